The van der Waals surface area contributed by atoms with Gasteiger partial charge in [0, 0.05) is 0 Å². The van der Waals surface area contributed by atoms with Crippen LogP contribution in [0.4, 0.5) is 0 Å². The highest BCUT2D eigenvalue weighted by molar-refractivity contribution is 14.0. The van der Waals surface area contributed by atoms with Crippen molar-refractivity contribution in [3.05, 3.63) is 0 Å². The van der Waals surface area contributed by atoms with Crippen molar-refractivity contribution in [3.8, 4) is 0 Å². The van der Waals surface area contributed by atoms with Crippen molar-refractivity contribution in [1.82, 2.24) is 0 Å². The van der Waals surface area contributed by atoms with Gasteiger partial charge in [0.25, 0.3) is 0 Å². The minimum Gasteiger partial charge on any atom is -0.107 e. The number of hydrogen-bond acceptors (Lipinski definition) is 0. The Bertz CT molecular complexity index is 27.7. The first kappa shape index (κ1) is 12.0. The Kier molecular flexibility index (Phi) is 16.7. The molecular formula is C6H15AlI. The van der Waals surface area contributed by atoms with Crippen LogP contribution in [-0.2, 0) is 0 Å². The van der Waals surface area contributed by atoms with Crippen LogP contribution in [0.15, 0.2) is 0 Å². The van der Waals surface area contributed by atoms with Crippen LogP contribution < -0.4 is 0 Å². The molecule has 0 aliphatic carbocycles. The number of halogens is 1. The average molecular weight is 241 g/mol. The van der Waals surface area contributed by atoms with Gasteiger partial charge in [0.15, 0.2) is 15.2 Å². The monoisotopic (exact) mass is 241 g/mol. The van der Waals surface area contributed by atoms with Gasteiger partial charge in [-0.3, -0.25) is 0 Å². The predicted octanol–water partition coefficient (Wildman–Crippen LogP) is 2.97. The fourth-order valence-corrected chi connectivity index (χ4v) is 1.66. The van der Waals surface area contributed by atoms with Gasteiger partial charge >= 0.3 is 0 Å². The fraction of sp³-hybridized carbons (Fsp3) is 1.00. The predicted molar refractivity (Wildman–Crippen MR) is 51.4 cm³/mol. The molecule has 0 bridgehead atoms. The second-order valence-electron chi connectivity index (χ2n) is 1.87. The molecule has 0 heterocycles. The summed E-state index contributed by atoms with van der Waals surface area (Å²) in [5.41, 5.74) is 0. The summed E-state index contributed by atoms with van der Waals surface area (Å²) in [6, 6.07) is 0. The number of rotatable bonds is 4. The van der Waals surface area contributed by atoms with Crippen molar-refractivity contribution in [3.63, 3.8) is 0 Å². The topological polar surface area (TPSA) is 0 Å². The molecule has 0 aliphatic rings. The minimum atomic E-state index is 0. The normalized spacial score (nSPS) is 7.75. The molecule has 0 nitrogen and oxygen atoms in total. The first-order chi connectivity index (χ1) is 3.41. The van der Waals surface area contributed by atoms with Crippen molar-refractivity contribution in [2.75, 3.05) is 0 Å². The van der Waals surface area contributed by atoms with Gasteiger partial charge in [0.05, 0.1) is 0 Å². The van der Waals surface area contributed by atoms with Crippen molar-refractivity contribution in [2.24, 2.45) is 0 Å². The summed E-state index contributed by atoms with van der Waals surface area (Å²) in [4.78, 5) is 0. The lowest BCUT2D eigenvalue weighted by molar-refractivity contribution is 1.02. The van der Waals surface area contributed by atoms with E-state index in [1.165, 1.54) is 23.4 Å². The Morgan fingerprint density at radius 1 is 1.00 bits per heavy atom. The molecule has 0 rings (SSSR count). The summed E-state index contributed by atoms with van der Waals surface area (Å²) < 4.78 is 0. The molecule has 0 aromatic carbocycles. The first-order valence-corrected chi connectivity index (χ1v) is 4.86. The molecular weight excluding hydrogens is 226 g/mol. The largest absolute Gasteiger partial charge is 0.199 e. The van der Waals surface area contributed by atoms with Gasteiger partial charge in [0.1, 0.15) is 0 Å². The molecule has 0 spiro atoms. The molecule has 8 heavy (non-hydrogen) atoms. The van der Waals surface area contributed by atoms with Crippen molar-refractivity contribution < 1.29 is 0 Å². The summed E-state index contributed by atoms with van der Waals surface area (Å²) in [5.74, 6) is 0. The van der Waals surface area contributed by atoms with Crippen LogP contribution in [-0.4, -0.2) is 15.2 Å². The second kappa shape index (κ2) is 11.1. The Hall–Kier alpha value is 1.26. The highest BCUT2D eigenvalue weighted by Gasteiger charge is 1.84. The maximum absolute atomic E-state index is 2.27. The summed E-state index contributed by atoms with van der Waals surface area (Å²) in [6.45, 7) is 4.53. The average Bonchev–Trinajstić information content (AvgIpc) is 1.69. The zero-order valence-electron chi connectivity index (χ0n) is 5.81. The SMILES string of the molecule is CC[CH2][Al][CH2]CC.I. The van der Waals surface area contributed by atoms with E-state index >= 15 is 0 Å². The van der Waals surface area contributed by atoms with E-state index in [2.05, 4.69) is 13.8 Å². The standard InChI is InChI=1S/2C3H7.Al.HI/c2*1-3-2;;/h2*1,3H2,2H3;;1H. The van der Waals surface area contributed by atoms with Gasteiger partial charge in [-0.2, -0.15) is 0 Å². The molecule has 0 fully saturated rings. The molecule has 0 aromatic heterocycles. The Balaban J connectivity index is 0. The number of hydrogen-bond donors (Lipinski definition) is 0. The summed E-state index contributed by atoms with van der Waals surface area (Å²) >= 11 is 0.822. The lowest BCUT2D eigenvalue weighted by atomic mass is 10.6. The van der Waals surface area contributed by atoms with Crippen molar-refractivity contribution >= 4 is 39.2 Å². The molecule has 0 atom stereocenters. The second-order valence-corrected chi connectivity index (χ2v) is 3.60. The molecule has 0 aliphatic heterocycles. The van der Waals surface area contributed by atoms with Crippen LogP contribution in [0.25, 0.3) is 0 Å². The lowest BCUT2D eigenvalue weighted by Crippen LogP contribution is -1.84. The van der Waals surface area contributed by atoms with Gasteiger partial charge in [0.2, 0.25) is 0 Å². The maximum atomic E-state index is 2.27. The van der Waals surface area contributed by atoms with E-state index in [1.54, 1.807) is 0 Å². The molecule has 49 valence electrons. The molecule has 0 amide bonds. The van der Waals surface area contributed by atoms with Gasteiger partial charge in [-0.1, -0.05) is 26.7 Å². The summed E-state index contributed by atoms with van der Waals surface area (Å²) in [5, 5.41) is 3.02. The van der Waals surface area contributed by atoms with Gasteiger partial charge < -0.3 is 0 Å². The smallest absolute Gasteiger partial charge is 0.107 e. The van der Waals surface area contributed by atoms with E-state index in [-0.39, 0.29) is 24.0 Å². The highest BCUT2D eigenvalue weighted by Crippen LogP contribution is 1.92. The van der Waals surface area contributed by atoms with E-state index in [0.717, 1.165) is 15.2 Å². The third-order valence-electron chi connectivity index (χ3n) is 0.986. The molecule has 1 radical (unpaired) electrons. The maximum Gasteiger partial charge on any atom is 0.199 e. The molecule has 0 unspecified atom stereocenters. The Labute approximate surface area is 76.2 Å². The van der Waals surface area contributed by atoms with E-state index < -0.39 is 0 Å². The Morgan fingerprint density at radius 2 is 1.38 bits per heavy atom. The third-order valence-corrected chi connectivity index (χ3v) is 2.96. The van der Waals surface area contributed by atoms with Crippen LogP contribution in [0.5, 0.6) is 0 Å². The molecule has 0 saturated heterocycles. The highest BCUT2D eigenvalue weighted by atomic mass is 127. The van der Waals surface area contributed by atoms with Crippen LogP contribution in [0.1, 0.15) is 26.7 Å². The Morgan fingerprint density at radius 3 is 1.62 bits per heavy atom. The van der Waals surface area contributed by atoms with E-state index in [0.29, 0.717) is 0 Å². The zero-order valence-corrected chi connectivity index (χ0v) is 9.30. The van der Waals surface area contributed by atoms with Crippen molar-refractivity contribution in [2.45, 2.75) is 37.3 Å². The lowest BCUT2D eigenvalue weighted by Gasteiger charge is -1.87. The van der Waals surface area contributed by atoms with Crippen LogP contribution >= 0.6 is 24.0 Å². The molecule has 2 heteroatoms. The van der Waals surface area contributed by atoms with E-state index in [9.17, 15) is 0 Å². The van der Waals surface area contributed by atoms with Crippen molar-refractivity contribution in [1.29, 1.82) is 0 Å². The van der Waals surface area contributed by atoms with E-state index in [1.807, 2.05) is 0 Å². The zero-order chi connectivity index (χ0) is 5.54. The molecule has 0 saturated carbocycles. The van der Waals surface area contributed by atoms with Gasteiger partial charge in [-0.15, -0.1) is 34.5 Å². The summed E-state index contributed by atoms with van der Waals surface area (Å²) in [6.07, 6.45) is 2.80. The van der Waals surface area contributed by atoms with E-state index in [4.69, 9.17) is 0 Å². The quantitative estimate of drug-likeness (QED) is 0.403. The van der Waals surface area contributed by atoms with Gasteiger partial charge in [-0.05, 0) is 0 Å². The molecule has 0 aromatic rings. The molecule has 0 N–H and O–H groups in total. The van der Waals surface area contributed by atoms with Gasteiger partial charge in [-0.25, -0.2) is 0 Å². The first-order valence-electron chi connectivity index (χ1n) is 3.23. The fourth-order valence-electron chi connectivity index (χ4n) is 0.553. The van der Waals surface area contributed by atoms with Crippen LogP contribution in [0, 0.1) is 0 Å². The summed E-state index contributed by atoms with van der Waals surface area (Å²) in [7, 11) is 0. The van der Waals surface area contributed by atoms with Crippen LogP contribution in [0.3, 0.4) is 0 Å². The van der Waals surface area contributed by atoms with Crippen LogP contribution in [0.2, 0.25) is 10.6 Å². The minimum absolute atomic E-state index is 0. The third kappa shape index (κ3) is 10.3.